The molecule has 0 unspecified atom stereocenters. The highest BCUT2D eigenvalue weighted by molar-refractivity contribution is 7.72. The Morgan fingerprint density at radius 1 is 1.25 bits per heavy atom. The number of hydrogen-bond donors (Lipinski definition) is 2. The summed E-state index contributed by atoms with van der Waals surface area (Å²) in [6.45, 7) is 3.42. The van der Waals surface area contributed by atoms with E-state index in [9.17, 15) is 8.42 Å². The Bertz CT molecular complexity index is 191. The molecule has 0 aromatic heterocycles. The minimum atomic E-state index is -2.25. The van der Waals surface area contributed by atoms with E-state index in [-0.39, 0.29) is 5.88 Å². The van der Waals surface area contributed by atoms with Crippen LogP contribution in [0.15, 0.2) is 0 Å². The normalized spacial score (nSPS) is 21.8. The predicted octanol–water partition coefficient (Wildman–Crippen LogP) is -1.69. The van der Waals surface area contributed by atoms with Gasteiger partial charge in [0, 0.05) is 26.2 Å². The lowest BCUT2D eigenvalue weighted by Crippen LogP contribution is -2.50. The number of nitrogens with one attached hydrogen (secondary N) is 1. The van der Waals surface area contributed by atoms with Crippen molar-refractivity contribution in [3.63, 3.8) is 0 Å². The molecule has 1 fully saturated rings. The lowest BCUT2D eigenvalue weighted by Gasteiger charge is -2.32. The third kappa shape index (κ3) is 3.06. The molecule has 0 radical (unpaired) electrons. The van der Waals surface area contributed by atoms with Gasteiger partial charge in [-0.3, -0.25) is 10.3 Å². The molecule has 1 saturated heterocycles. The second-order valence-electron chi connectivity index (χ2n) is 2.80. The van der Waals surface area contributed by atoms with Crippen LogP contribution in [-0.2, 0) is 10.7 Å². The maximum Gasteiger partial charge on any atom is 0.153 e. The molecule has 0 atom stereocenters. The predicted molar refractivity (Wildman–Crippen MR) is 47.4 cm³/mol. The van der Waals surface area contributed by atoms with Crippen LogP contribution in [0, 0.1) is 0 Å². The van der Waals surface area contributed by atoms with Gasteiger partial charge in [0.2, 0.25) is 0 Å². The molecule has 1 heterocycles. The van der Waals surface area contributed by atoms with E-state index in [4.69, 9.17) is 0 Å². The first kappa shape index (κ1) is 9.91. The number of hydrogen-bond acceptors (Lipinski definition) is 5. The third-order valence-electron chi connectivity index (χ3n) is 2.00. The van der Waals surface area contributed by atoms with Gasteiger partial charge in [-0.05, 0) is 7.05 Å². The summed E-state index contributed by atoms with van der Waals surface area (Å²) in [4.78, 5) is 1.94. The summed E-state index contributed by atoms with van der Waals surface area (Å²) in [6.07, 6.45) is 0. The second kappa shape index (κ2) is 4.76. The van der Waals surface area contributed by atoms with Gasteiger partial charge in [-0.1, -0.05) is 0 Å². The van der Waals surface area contributed by atoms with Gasteiger partial charge >= 0.3 is 0 Å². The fourth-order valence-corrected chi connectivity index (χ4v) is 1.89. The summed E-state index contributed by atoms with van der Waals surface area (Å²) in [5.74, 6) is 0.201. The molecule has 0 spiro atoms. The van der Waals surface area contributed by atoms with Crippen LogP contribution in [0.5, 0.6) is 0 Å². The summed E-state index contributed by atoms with van der Waals surface area (Å²) in [7, 11) is -0.376. The van der Waals surface area contributed by atoms with Crippen molar-refractivity contribution in [1.29, 1.82) is 0 Å². The number of hydrazine groups is 1. The molecule has 6 heteroatoms. The van der Waals surface area contributed by atoms with E-state index < -0.39 is 10.7 Å². The van der Waals surface area contributed by atoms with E-state index in [1.165, 1.54) is 0 Å². The van der Waals surface area contributed by atoms with Gasteiger partial charge < -0.3 is 0 Å². The first-order valence-electron chi connectivity index (χ1n) is 3.99. The molecule has 12 heavy (non-hydrogen) atoms. The Balaban J connectivity index is 2.26. The molecule has 0 bridgehead atoms. The van der Waals surface area contributed by atoms with Crippen LogP contribution >= 0.6 is 0 Å². The summed E-state index contributed by atoms with van der Waals surface area (Å²) < 4.78 is 20.8. The Labute approximate surface area is 74.3 Å². The monoisotopic (exact) mass is 193 g/mol. The standard InChI is InChI=1S/C6H15N3O2S/c1-7-9-4-2-8(3-5-9)6-12(10)11/h7,12H,2-6H2,1H3. The fraction of sp³-hybridized carbons (Fsp3) is 1.00. The van der Waals surface area contributed by atoms with E-state index >= 15 is 0 Å². The zero-order valence-electron chi connectivity index (χ0n) is 7.19. The number of thiol groups is 1. The summed E-state index contributed by atoms with van der Waals surface area (Å²) >= 11 is 0. The Morgan fingerprint density at radius 2 is 1.83 bits per heavy atom. The van der Waals surface area contributed by atoms with Crippen molar-refractivity contribution in [2.45, 2.75) is 0 Å². The molecule has 5 nitrogen and oxygen atoms in total. The second-order valence-corrected chi connectivity index (χ2v) is 3.75. The van der Waals surface area contributed by atoms with E-state index in [0.717, 1.165) is 26.2 Å². The van der Waals surface area contributed by atoms with Crippen LogP contribution < -0.4 is 5.43 Å². The van der Waals surface area contributed by atoms with Crippen LogP contribution in [0.4, 0.5) is 0 Å². The molecule has 0 saturated carbocycles. The van der Waals surface area contributed by atoms with Gasteiger partial charge in [0.25, 0.3) is 0 Å². The quantitative estimate of drug-likeness (QED) is 0.524. The molecular formula is C6H15N3O2S. The molecule has 1 N–H and O–H groups in total. The van der Waals surface area contributed by atoms with Gasteiger partial charge in [-0.25, -0.2) is 13.4 Å². The molecular weight excluding hydrogens is 178 g/mol. The van der Waals surface area contributed by atoms with Crippen molar-refractivity contribution in [3.8, 4) is 0 Å². The van der Waals surface area contributed by atoms with E-state index in [1.54, 1.807) is 0 Å². The number of piperazine rings is 1. The molecule has 1 rings (SSSR count). The van der Waals surface area contributed by atoms with E-state index in [1.807, 2.05) is 11.9 Å². The van der Waals surface area contributed by atoms with Gasteiger partial charge in [0.15, 0.2) is 10.7 Å². The van der Waals surface area contributed by atoms with Crippen molar-refractivity contribution in [2.75, 3.05) is 39.1 Å². The lowest BCUT2D eigenvalue weighted by atomic mass is 10.4. The highest BCUT2D eigenvalue weighted by Crippen LogP contribution is 1.97. The van der Waals surface area contributed by atoms with Crippen molar-refractivity contribution >= 4 is 10.7 Å². The SMILES string of the molecule is CNN1CCN(C[SH](=O)=O)CC1. The van der Waals surface area contributed by atoms with Crippen molar-refractivity contribution in [1.82, 2.24) is 15.3 Å². The van der Waals surface area contributed by atoms with Crippen LogP contribution in [-0.4, -0.2) is 57.4 Å². The minimum absolute atomic E-state index is 0.201. The zero-order valence-corrected chi connectivity index (χ0v) is 8.09. The average Bonchev–Trinajstić information content (AvgIpc) is 2.05. The summed E-state index contributed by atoms with van der Waals surface area (Å²) in [5, 5.41) is 2.08. The largest absolute Gasteiger partial charge is 0.287 e. The lowest BCUT2D eigenvalue weighted by molar-refractivity contribution is 0.111. The Morgan fingerprint density at radius 3 is 2.25 bits per heavy atom. The Kier molecular flexibility index (Phi) is 3.93. The highest BCUT2D eigenvalue weighted by atomic mass is 32.2. The summed E-state index contributed by atoms with van der Waals surface area (Å²) in [6, 6.07) is 0. The van der Waals surface area contributed by atoms with Crippen LogP contribution in [0.3, 0.4) is 0 Å². The summed E-state index contributed by atoms with van der Waals surface area (Å²) in [5.41, 5.74) is 3.03. The maximum absolute atomic E-state index is 10.4. The smallest absolute Gasteiger partial charge is 0.153 e. The molecule has 0 aromatic rings. The minimum Gasteiger partial charge on any atom is -0.287 e. The zero-order chi connectivity index (χ0) is 8.97. The van der Waals surface area contributed by atoms with Crippen LogP contribution in [0.2, 0.25) is 0 Å². The molecule has 0 amide bonds. The van der Waals surface area contributed by atoms with Crippen molar-refractivity contribution in [2.24, 2.45) is 0 Å². The van der Waals surface area contributed by atoms with Gasteiger partial charge in [0.05, 0.1) is 5.88 Å². The number of nitrogens with zero attached hydrogens (tertiary/aromatic N) is 2. The molecule has 0 aromatic carbocycles. The van der Waals surface area contributed by atoms with E-state index in [2.05, 4.69) is 10.4 Å². The average molecular weight is 193 g/mol. The van der Waals surface area contributed by atoms with Gasteiger partial charge in [-0.15, -0.1) is 0 Å². The topological polar surface area (TPSA) is 52.6 Å². The van der Waals surface area contributed by atoms with Gasteiger partial charge in [0.1, 0.15) is 0 Å². The Hall–Kier alpha value is -0.170. The number of rotatable bonds is 3. The molecule has 1 aliphatic heterocycles. The molecule has 1 aliphatic rings. The van der Waals surface area contributed by atoms with E-state index in [0.29, 0.717) is 0 Å². The first-order valence-corrected chi connectivity index (χ1v) is 5.35. The van der Waals surface area contributed by atoms with Crippen molar-refractivity contribution < 1.29 is 8.42 Å². The molecule has 0 aliphatic carbocycles. The van der Waals surface area contributed by atoms with Gasteiger partial charge in [-0.2, -0.15) is 0 Å². The third-order valence-corrected chi connectivity index (χ3v) is 2.63. The molecule has 72 valence electrons. The van der Waals surface area contributed by atoms with Crippen molar-refractivity contribution in [3.05, 3.63) is 0 Å². The highest BCUT2D eigenvalue weighted by Gasteiger charge is 2.15. The van der Waals surface area contributed by atoms with Crippen LogP contribution in [0.1, 0.15) is 0 Å². The first-order chi connectivity index (χ1) is 5.72. The fourth-order valence-electron chi connectivity index (χ4n) is 1.28. The van der Waals surface area contributed by atoms with Crippen LogP contribution in [0.25, 0.3) is 0 Å². The maximum atomic E-state index is 10.4.